The van der Waals surface area contributed by atoms with E-state index in [0.29, 0.717) is 24.1 Å². The van der Waals surface area contributed by atoms with Crippen molar-refractivity contribution in [3.63, 3.8) is 0 Å². The molecule has 4 rings (SSSR count). The number of hydrogen-bond donors (Lipinski definition) is 1. The van der Waals surface area contributed by atoms with E-state index in [9.17, 15) is 22.8 Å². The maximum atomic E-state index is 13.2. The molecule has 2 aromatic rings. The van der Waals surface area contributed by atoms with E-state index >= 15 is 0 Å². The highest BCUT2D eigenvalue weighted by Gasteiger charge is 2.42. The summed E-state index contributed by atoms with van der Waals surface area (Å²) in [6, 6.07) is 13.8. The Bertz CT molecular complexity index is 926. The highest BCUT2D eigenvalue weighted by atomic mass is 19.4. The van der Waals surface area contributed by atoms with Gasteiger partial charge in [-0.15, -0.1) is 0 Å². The van der Waals surface area contributed by atoms with E-state index in [1.54, 1.807) is 23.1 Å². The summed E-state index contributed by atoms with van der Waals surface area (Å²) in [6.07, 6.45) is -1.88. The molecule has 2 amide bonds. The van der Waals surface area contributed by atoms with E-state index in [-0.39, 0.29) is 24.3 Å². The van der Waals surface area contributed by atoms with Crippen molar-refractivity contribution in [2.75, 3.05) is 11.9 Å². The van der Waals surface area contributed by atoms with Crippen molar-refractivity contribution in [1.82, 2.24) is 4.90 Å². The third-order valence-corrected chi connectivity index (χ3v) is 5.80. The van der Waals surface area contributed by atoms with Crippen LogP contribution in [0.3, 0.4) is 0 Å². The molecule has 2 aliphatic rings. The van der Waals surface area contributed by atoms with Gasteiger partial charge in [0, 0.05) is 18.2 Å². The van der Waals surface area contributed by atoms with Gasteiger partial charge in [0.2, 0.25) is 11.8 Å². The topological polar surface area (TPSA) is 49.4 Å². The molecule has 2 aromatic carbocycles. The van der Waals surface area contributed by atoms with Gasteiger partial charge >= 0.3 is 6.18 Å². The van der Waals surface area contributed by atoms with Gasteiger partial charge in [-0.1, -0.05) is 30.3 Å². The highest BCUT2D eigenvalue weighted by molar-refractivity contribution is 5.93. The minimum Gasteiger partial charge on any atom is -0.335 e. The van der Waals surface area contributed by atoms with Crippen LogP contribution in [0.4, 0.5) is 18.9 Å². The highest BCUT2D eigenvalue weighted by Crippen LogP contribution is 2.40. The molecule has 1 heterocycles. The number of rotatable bonds is 4. The van der Waals surface area contributed by atoms with E-state index in [1.807, 2.05) is 18.2 Å². The van der Waals surface area contributed by atoms with Gasteiger partial charge in [0.1, 0.15) is 0 Å². The Morgan fingerprint density at radius 1 is 0.900 bits per heavy atom. The molecule has 0 aromatic heterocycles. The molecule has 1 N–H and O–H groups in total. The maximum Gasteiger partial charge on any atom is 0.416 e. The van der Waals surface area contributed by atoms with Crippen LogP contribution >= 0.6 is 0 Å². The Labute approximate surface area is 173 Å². The average molecular weight is 416 g/mol. The zero-order chi connectivity index (χ0) is 21.3. The third-order valence-electron chi connectivity index (χ3n) is 5.80. The lowest BCUT2D eigenvalue weighted by atomic mass is 9.87. The number of carbonyl (C=O) groups is 2. The monoisotopic (exact) mass is 416 g/mol. The van der Waals surface area contributed by atoms with E-state index in [0.717, 1.165) is 25.0 Å². The van der Waals surface area contributed by atoms with Crippen LogP contribution < -0.4 is 5.32 Å². The van der Waals surface area contributed by atoms with Crippen molar-refractivity contribution in [1.29, 1.82) is 0 Å². The SMILES string of the molecule is O=C(Nc1ccccc1)C1CCC(c2cccc(C(F)(F)F)c2)N(C(=O)C2CC2)C1. The van der Waals surface area contributed by atoms with Crippen molar-refractivity contribution >= 4 is 17.5 Å². The summed E-state index contributed by atoms with van der Waals surface area (Å²) >= 11 is 0. The van der Waals surface area contributed by atoms with Gasteiger partial charge in [0.25, 0.3) is 0 Å². The third kappa shape index (κ3) is 4.50. The Hall–Kier alpha value is -2.83. The number of hydrogen-bond acceptors (Lipinski definition) is 2. The van der Waals surface area contributed by atoms with Crippen LogP contribution in [0.25, 0.3) is 0 Å². The molecule has 4 nitrogen and oxygen atoms in total. The number of nitrogens with zero attached hydrogens (tertiary/aromatic N) is 1. The van der Waals surface area contributed by atoms with Crippen LogP contribution in [0.15, 0.2) is 54.6 Å². The first-order chi connectivity index (χ1) is 14.3. The van der Waals surface area contributed by atoms with Gasteiger partial charge in [-0.2, -0.15) is 13.2 Å². The molecule has 2 fully saturated rings. The van der Waals surface area contributed by atoms with Crippen molar-refractivity contribution in [2.24, 2.45) is 11.8 Å². The molecule has 1 saturated heterocycles. The second-order valence-electron chi connectivity index (χ2n) is 8.03. The summed E-state index contributed by atoms with van der Waals surface area (Å²) in [5.41, 5.74) is 0.436. The number of alkyl halides is 3. The molecule has 0 bridgehead atoms. The molecule has 158 valence electrons. The van der Waals surface area contributed by atoms with Crippen LogP contribution in [0.1, 0.15) is 42.9 Å². The van der Waals surface area contributed by atoms with Gasteiger partial charge in [-0.3, -0.25) is 9.59 Å². The number of likely N-dealkylation sites (tertiary alicyclic amines) is 1. The standard InChI is InChI=1S/C23H23F3N2O2/c24-23(25,26)18-6-4-5-16(13-18)20-12-11-17(14-28(20)22(30)15-9-10-15)21(29)27-19-7-2-1-3-8-19/h1-8,13,15,17,20H,9-12,14H2,(H,27,29). The fourth-order valence-electron chi connectivity index (χ4n) is 4.03. The minimum absolute atomic E-state index is 0.0605. The van der Waals surface area contributed by atoms with Gasteiger partial charge in [0.15, 0.2) is 0 Å². The van der Waals surface area contributed by atoms with Crippen LogP contribution in [0.5, 0.6) is 0 Å². The number of benzene rings is 2. The lowest BCUT2D eigenvalue weighted by Crippen LogP contribution is -2.46. The van der Waals surface area contributed by atoms with Crippen molar-refractivity contribution in [2.45, 2.75) is 37.9 Å². The molecule has 7 heteroatoms. The summed E-state index contributed by atoms with van der Waals surface area (Å²) < 4.78 is 39.5. The normalized spacial score (nSPS) is 21.9. The fourth-order valence-corrected chi connectivity index (χ4v) is 4.03. The molecule has 1 saturated carbocycles. The number of amides is 2. The van der Waals surface area contributed by atoms with Crippen LogP contribution in [0, 0.1) is 11.8 Å². The maximum absolute atomic E-state index is 13.2. The van der Waals surface area contributed by atoms with Crippen LogP contribution in [-0.4, -0.2) is 23.3 Å². The molecule has 1 aliphatic carbocycles. The largest absolute Gasteiger partial charge is 0.416 e. The fraction of sp³-hybridized carbons (Fsp3) is 0.391. The Morgan fingerprint density at radius 2 is 1.60 bits per heavy atom. The molecular formula is C23H23F3N2O2. The zero-order valence-corrected chi connectivity index (χ0v) is 16.4. The van der Waals surface area contributed by atoms with Gasteiger partial charge in [-0.05, 0) is 55.5 Å². The van der Waals surface area contributed by atoms with Crippen molar-refractivity contribution in [3.8, 4) is 0 Å². The molecular weight excluding hydrogens is 393 g/mol. The summed E-state index contributed by atoms with van der Waals surface area (Å²) in [5.74, 6) is -0.698. The molecule has 30 heavy (non-hydrogen) atoms. The van der Waals surface area contributed by atoms with E-state index < -0.39 is 23.7 Å². The van der Waals surface area contributed by atoms with E-state index in [2.05, 4.69) is 5.32 Å². The molecule has 0 spiro atoms. The van der Waals surface area contributed by atoms with Crippen LogP contribution in [-0.2, 0) is 15.8 Å². The van der Waals surface area contributed by atoms with Crippen molar-refractivity contribution in [3.05, 3.63) is 65.7 Å². The Kier molecular flexibility index (Phi) is 5.54. The molecule has 2 atom stereocenters. The molecule has 0 radical (unpaired) electrons. The zero-order valence-electron chi connectivity index (χ0n) is 16.4. The van der Waals surface area contributed by atoms with Gasteiger partial charge in [-0.25, -0.2) is 0 Å². The quantitative estimate of drug-likeness (QED) is 0.760. The van der Waals surface area contributed by atoms with E-state index in [4.69, 9.17) is 0 Å². The second kappa shape index (κ2) is 8.13. The minimum atomic E-state index is -4.44. The summed E-state index contributed by atoms with van der Waals surface area (Å²) in [5, 5.41) is 2.87. The number of piperidine rings is 1. The first kappa shape index (κ1) is 20.4. The number of para-hydroxylation sites is 1. The second-order valence-corrected chi connectivity index (χ2v) is 8.03. The summed E-state index contributed by atoms with van der Waals surface area (Å²) in [7, 11) is 0. The average Bonchev–Trinajstić information content (AvgIpc) is 3.58. The predicted molar refractivity (Wildman–Crippen MR) is 106 cm³/mol. The number of carbonyl (C=O) groups excluding carboxylic acids is 2. The summed E-state index contributed by atoms with van der Waals surface area (Å²) in [4.78, 5) is 27.3. The van der Waals surface area contributed by atoms with Crippen molar-refractivity contribution < 1.29 is 22.8 Å². The Balaban J connectivity index is 1.54. The molecule has 2 unspecified atom stereocenters. The molecule has 1 aliphatic heterocycles. The number of nitrogens with one attached hydrogen (secondary N) is 1. The first-order valence-electron chi connectivity index (χ1n) is 10.2. The van der Waals surface area contributed by atoms with E-state index in [1.165, 1.54) is 6.07 Å². The number of anilines is 1. The Morgan fingerprint density at radius 3 is 2.27 bits per heavy atom. The van der Waals surface area contributed by atoms with Crippen LogP contribution in [0.2, 0.25) is 0 Å². The lowest BCUT2D eigenvalue weighted by Gasteiger charge is -2.40. The first-order valence-corrected chi connectivity index (χ1v) is 10.2. The number of halogens is 3. The predicted octanol–water partition coefficient (Wildman–Crippen LogP) is 5.03. The van der Waals surface area contributed by atoms with Gasteiger partial charge < -0.3 is 10.2 Å². The smallest absolute Gasteiger partial charge is 0.335 e. The lowest BCUT2D eigenvalue weighted by molar-refractivity contribution is -0.139. The van der Waals surface area contributed by atoms with Gasteiger partial charge in [0.05, 0.1) is 17.5 Å². The summed E-state index contributed by atoms with van der Waals surface area (Å²) in [6.45, 7) is 0.217.